The highest BCUT2D eigenvalue weighted by atomic mass is 35.5. The number of amides is 1. The molecule has 2 aromatic heterocycles. The van der Waals surface area contributed by atoms with E-state index in [2.05, 4.69) is 4.98 Å². The summed E-state index contributed by atoms with van der Waals surface area (Å²) in [7, 11) is 0. The molecule has 3 rings (SSSR count). The summed E-state index contributed by atoms with van der Waals surface area (Å²) in [5, 5.41) is 11.4. The Morgan fingerprint density at radius 3 is 2.84 bits per heavy atom. The van der Waals surface area contributed by atoms with Gasteiger partial charge in [0.15, 0.2) is 4.96 Å². The van der Waals surface area contributed by atoms with Crippen LogP contribution in [0.4, 0.5) is 0 Å². The normalized spacial score (nSPS) is 11.0. The summed E-state index contributed by atoms with van der Waals surface area (Å²) in [6, 6.07) is 7.20. The van der Waals surface area contributed by atoms with Gasteiger partial charge in [-0.2, -0.15) is 0 Å². The lowest BCUT2D eigenvalue weighted by molar-refractivity contribution is 0.0729. The van der Waals surface area contributed by atoms with E-state index in [1.165, 1.54) is 26.8 Å². The zero-order valence-electron chi connectivity index (χ0n) is 13.5. The number of hydrogen-bond donors (Lipinski definition) is 1. The third kappa shape index (κ3) is 3.18. The van der Waals surface area contributed by atoms with Gasteiger partial charge >= 0.3 is 0 Å². The third-order valence-corrected chi connectivity index (χ3v) is 5.03. The number of likely N-dealkylation sites (N-methyl/N-ethyl adjacent to an activating group) is 1. The van der Waals surface area contributed by atoms with Gasteiger partial charge in [-0.1, -0.05) is 29.8 Å². The Morgan fingerprint density at radius 1 is 1.40 bits per heavy atom. The molecule has 1 aromatic carbocycles. The Morgan fingerprint density at radius 2 is 2.16 bits per heavy atom. The summed E-state index contributed by atoms with van der Waals surface area (Å²) in [5.41, 5.74) is 0.830. The standard InChI is InChI=1S/C17H16ClN3O3S/c1-2-20(7-8-22)15(23)12-9-19-17-21(16(12)24)14(10-25-17)11-5-3-4-6-13(11)18/h3-6,9-10,22H,2,7-8H2,1H3. The maximum atomic E-state index is 12.9. The smallest absolute Gasteiger partial charge is 0.271 e. The van der Waals surface area contributed by atoms with Crippen LogP contribution in [0.5, 0.6) is 0 Å². The molecule has 0 atom stereocenters. The average molecular weight is 378 g/mol. The van der Waals surface area contributed by atoms with E-state index in [4.69, 9.17) is 16.7 Å². The molecule has 0 saturated carbocycles. The van der Waals surface area contributed by atoms with Crippen molar-refractivity contribution in [2.24, 2.45) is 0 Å². The lowest BCUT2D eigenvalue weighted by atomic mass is 10.2. The number of aromatic nitrogens is 2. The zero-order chi connectivity index (χ0) is 18.0. The van der Waals surface area contributed by atoms with Crippen molar-refractivity contribution in [2.45, 2.75) is 6.92 Å². The molecule has 0 saturated heterocycles. The molecule has 0 radical (unpaired) electrons. The van der Waals surface area contributed by atoms with Gasteiger partial charge in [0.2, 0.25) is 0 Å². The molecule has 130 valence electrons. The molecular formula is C17H16ClN3O3S. The summed E-state index contributed by atoms with van der Waals surface area (Å²) >= 11 is 7.56. The van der Waals surface area contributed by atoms with Gasteiger partial charge in [0.25, 0.3) is 11.5 Å². The second kappa shape index (κ2) is 7.35. The van der Waals surface area contributed by atoms with E-state index in [9.17, 15) is 9.59 Å². The molecule has 0 aliphatic heterocycles. The summed E-state index contributed by atoms with van der Waals surface area (Å²) < 4.78 is 1.41. The number of halogens is 1. The molecule has 25 heavy (non-hydrogen) atoms. The Hall–Kier alpha value is -2.22. The number of rotatable bonds is 5. The highest BCUT2D eigenvalue weighted by molar-refractivity contribution is 7.15. The maximum Gasteiger partial charge on any atom is 0.271 e. The van der Waals surface area contributed by atoms with Crippen LogP contribution in [0.2, 0.25) is 5.02 Å². The first-order valence-electron chi connectivity index (χ1n) is 7.72. The van der Waals surface area contributed by atoms with E-state index < -0.39 is 11.5 Å². The van der Waals surface area contributed by atoms with Crippen LogP contribution in [0.25, 0.3) is 16.2 Å². The number of benzene rings is 1. The molecule has 0 spiro atoms. The topological polar surface area (TPSA) is 74.9 Å². The van der Waals surface area contributed by atoms with Gasteiger partial charge in [0.1, 0.15) is 5.56 Å². The molecule has 1 amide bonds. The Bertz CT molecular complexity index is 983. The fraction of sp³-hybridized carbons (Fsp3) is 0.235. The largest absolute Gasteiger partial charge is 0.395 e. The number of carbonyl (C=O) groups is 1. The van der Waals surface area contributed by atoms with Gasteiger partial charge in [-0.25, -0.2) is 4.98 Å². The molecule has 2 heterocycles. The van der Waals surface area contributed by atoms with Crippen molar-refractivity contribution in [3.8, 4) is 11.3 Å². The van der Waals surface area contributed by atoms with Crippen molar-refractivity contribution in [2.75, 3.05) is 19.7 Å². The molecule has 0 aliphatic rings. The molecule has 0 aliphatic carbocycles. The van der Waals surface area contributed by atoms with E-state index in [-0.39, 0.29) is 18.7 Å². The monoisotopic (exact) mass is 377 g/mol. The van der Waals surface area contributed by atoms with Crippen molar-refractivity contribution < 1.29 is 9.90 Å². The van der Waals surface area contributed by atoms with Crippen molar-refractivity contribution in [3.05, 3.63) is 56.8 Å². The fourth-order valence-corrected chi connectivity index (χ4v) is 3.67. The third-order valence-electron chi connectivity index (χ3n) is 3.86. The predicted molar refractivity (Wildman–Crippen MR) is 98.4 cm³/mol. The molecule has 8 heteroatoms. The van der Waals surface area contributed by atoms with E-state index in [0.29, 0.717) is 27.8 Å². The van der Waals surface area contributed by atoms with E-state index in [0.717, 1.165) is 0 Å². The maximum absolute atomic E-state index is 12.9. The second-order valence-corrected chi connectivity index (χ2v) is 6.55. The first-order chi connectivity index (χ1) is 12.1. The number of nitrogens with zero attached hydrogens (tertiary/aromatic N) is 3. The minimum absolute atomic E-state index is 0.0282. The first-order valence-corrected chi connectivity index (χ1v) is 8.98. The van der Waals surface area contributed by atoms with Crippen molar-refractivity contribution in [1.29, 1.82) is 0 Å². The van der Waals surface area contributed by atoms with Crippen molar-refractivity contribution in [1.82, 2.24) is 14.3 Å². The van der Waals surface area contributed by atoms with Crippen LogP contribution in [-0.4, -0.2) is 45.0 Å². The molecule has 1 N–H and O–H groups in total. The quantitative estimate of drug-likeness (QED) is 0.741. The molecule has 6 nitrogen and oxygen atoms in total. The molecular weight excluding hydrogens is 362 g/mol. The van der Waals surface area contributed by atoms with Crippen LogP contribution in [0.3, 0.4) is 0 Å². The summed E-state index contributed by atoms with van der Waals surface area (Å²) in [6.45, 7) is 2.18. The van der Waals surface area contributed by atoms with Gasteiger partial charge in [-0.3, -0.25) is 14.0 Å². The van der Waals surface area contributed by atoms with Gasteiger partial charge in [-0.05, 0) is 13.0 Å². The van der Waals surface area contributed by atoms with Crippen LogP contribution >= 0.6 is 22.9 Å². The average Bonchev–Trinajstić information content (AvgIpc) is 3.04. The predicted octanol–water partition coefficient (Wildman–Crippen LogP) is 2.53. The van der Waals surface area contributed by atoms with Gasteiger partial charge in [0, 0.05) is 35.3 Å². The zero-order valence-corrected chi connectivity index (χ0v) is 15.0. The van der Waals surface area contributed by atoms with E-state index in [1.54, 1.807) is 18.4 Å². The minimum atomic E-state index is -0.445. The van der Waals surface area contributed by atoms with E-state index in [1.807, 2.05) is 18.2 Å². The summed E-state index contributed by atoms with van der Waals surface area (Å²) in [5.74, 6) is -0.445. The lowest BCUT2D eigenvalue weighted by Gasteiger charge is -2.19. The number of aliphatic hydroxyl groups is 1. The Labute approximate surface area is 152 Å². The van der Waals surface area contributed by atoms with E-state index >= 15 is 0 Å². The summed E-state index contributed by atoms with van der Waals surface area (Å²) in [6.07, 6.45) is 1.30. The Balaban J connectivity index is 2.17. The molecule has 0 unspecified atom stereocenters. The fourth-order valence-electron chi connectivity index (χ4n) is 2.59. The molecule has 0 fully saturated rings. The molecule has 0 bridgehead atoms. The number of thiazole rings is 1. The van der Waals surface area contributed by atoms with Gasteiger partial charge in [-0.15, -0.1) is 11.3 Å². The van der Waals surface area contributed by atoms with Gasteiger partial charge in [0.05, 0.1) is 12.3 Å². The lowest BCUT2D eigenvalue weighted by Crippen LogP contribution is -2.37. The number of aliphatic hydroxyl groups excluding tert-OH is 1. The molecule has 3 aromatic rings. The van der Waals surface area contributed by atoms with Crippen LogP contribution in [0, 0.1) is 0 Å². The van der Waals surface area contributed by atoms with Crippen molar-refractivity contribution in [3.63, 3.8) is 0 Å². The number of fused-ring (bicyclic) bond motifs is 1. The minimum Gasteiger partial charge on any atom is -0.395 e. The van der Waals surface area contributed by atoms with Crippen LogP contribution in [0.15, 0.2) is 40.6 Å². The highest BCUT2D eigenvalue weighted by Gasteiger charge is 2.21. The van der Waals surface area contributed by atoms with Gasteiger partial charge < -0.3 is 10.0 Å². The first kappa shape index (κ1) is 17.6. The SMILES string of the molecule is CCN(CCO)C(=O)c1cnc2scc(-c3ccccc3Cl)n2c1=O. The van der Waals surface area contributed by atoms with Crippen LogP contribution in [-0.2, 0) is 0 Å². The number of hydrogen-bond acceptors (Lipinski definition) is 5. The van der Waals surface area contributed by atoms with Crippen LogP contribution in [0.1, 0.15) is 17.3 Å². The van der Waals surface area contributed by atoms with Crippen molar-refractivity contribution >= 4 is 33.8 Å². The number of carbonyl (C=O) groups excluding carboxylic acids is 1. The summed E-state index contributed by atoms with van der Waals surface area (Å²) in [4.78, 5) is 31.7. The van der Waals surface area contributed by atoms with Crippen LogP contribution < -0.4 is 5.56 Å². The Kier molecular flexibility index (Phi) is 5.17. The highest BCUT2D eigenvalue weighted by Crippen LogP contribution is 2.29. The second-order valence-electron chi connectivity index (χ2n) is 5.30.